The van der Waals surface area contributed by atoms with Crippen molar-refractivity contribution in [1.29, 1.82) is 10.5 Å². The van der Waals surface area contributed by atoms with E-state index in [0.29, 0.717) is 16.9 Å². The molecule has 0 amide bonds. The van der Waals surface area contributed by atoms with E-state index in [0.717, 1.165) is 5.69 Å². The molecule has 9 heteroatoms. The summed E-state index contributed by atoms with van der Waals surface area (Å²) in [6.45, 7) is 0.183. The highest BCUT2D eigenvalue weighted by molar-refractivity contribution is 5.82. The number of hydrogen-bond acceptors (Lipinski definition) is 7. The van der Waals surface area contributed by atoms with Crippen LogP contribution in [0.5, 0.6) is 0 Å². The third-order valence-electron chi connectivity index (χ3n) is 4.61. The van der Waals surface area contributed by atoms with Gasteiger partial charge in [0.05, 0.1) is 30.1 Å². The minimum absolute atomic E-state index is 0.0740. The molecule has 4 rings (SSSR count). The summed E-state index contributed by atoms with van der Waals surface area (Å²) in [7, 11) is 0. The lowest BCUT2D eigenvalue weighted by molar-refractivity contribution is 0.617. The molecule has 2 aromatic heterocycles. The molecule has 0 atom stereocenters. The number of nitrogens with two attached hydrogens (primary N) is 1. The van der Waals surface area contributed by atoms with Gasteiger partial charge in [-0.3, -0.25) is 4.57 Å². The van der Waals surface area contributed by atoms with Crippen LogP contribution in [-0.2, 0) is 13.0 Å². The van der Waals surface area contributed by atoms with E-state index in [2.05, 4.69) is 20.3 Å². The fourth-order valence-corrected chi connectivity index (χ4v) is 3.28. The van der Waals surface area contributed by atoms with Crippen LogP contribution < -0.4 is 11.1 Å². The van der Waals surface area contributed by atoms with Gasteiger partial charge in [-0.1, -0.05) is 18.2 Å². The van der Waals surface area contributed by atoms with Gasteiger partial charge in [0.1, 0.15) is 41.2 Å². The van der Waals surface area contributed by atoms with Crippen molar-refractivity contribution in [3.8, 4) is 17.8 Å². The van der Waals surface area contributed by atoms with E-state index in [-0.39, 0.29) is 35.7 Å². The lowest BCUT2D eigenvalue weighted by Crippen LogP contribution is -2.11. The smallest absolute Gasteiger partial charge is 0.149 e. The average Bonchev–Trinajstić information content (AvgIpc) is 3.13. The molecule has 4 aromatic rings. The van der Waals surface area contributed by atoms with Gasteiger partial charge in [-0.2, -0.15) is 10.5 Å². The van der Waals surface area contributed by atoms with E-state index in [1.54, 1.807) is 10.6 Å². The number of nitrogens with zero attached hydrogens (tertiary/aromatic N) is 6. The quantitative estimate of drug-likeness (QED) is 0.528. The first-order valence-electron chi connectivity index (χ1n) is 8.99. The Bertz CT molecular complexity index is 1320. The Morgan fingerprint density at radius 3 is 2.63 bits per heavy atom. The van der Waals surface area contributed by atoms with E-state index in [1.807, 2.05) is 42.5 Å². The van der Waals surface area contributed by atoms with Gasteiger partial charge in [-0.05, 0) is 24.3 Å². The summed E-state index contributed by atoms with van der Waals surface area (Å²) in [5.74, 6) is 0.447. The van der Waals surface area contributed by atoms with Crippen molar-refractivity contribution in [3.05, 3.63) is 71.6 Å². The highest BCUT2D eigenvalue weighted by Crippen LogP contribution is 2.28. The van der Waals surface area contributed by atoms with Crippen molar-refractivity contribution < 1.29 is 4.39 Å². The number of nitrogen functional groups attached to an aromatic ring is 1. The maximum Gasteiger partial charge on any atom is 0.149 e. The standard InChI is InChI=1S/C21H15FN8/c22-16-6-7-17-19(14(16)8-9-23)30(13-4-2-1-3-5-13)18(29-17)11-26-21-15(10-24)20(25)27-12-28-21/h1-7,12H,8,11H2,(H3,25,26,27,28). The molecule has 2 heterocycles. The zero-order valence-corrected chi connectivity index (χ0v) is 15.7. The summed E-state index contributed by atoms with van der Waals surface area (Å²) >= 11 is 0. The Morgan fingerprint density at radius 2 is 1.90 bits per heavy atom. The van der Waals surface area contributed by atoms with Crippen LogP contribution in [0.25, 0.3) is 16.7 Å². The zero-order chi connectivity index (χ0) is 21.1. The van der Waals surface area contributed by atoms with Crippen molar-refractivity contribution >= 4 is 22.7 Å². The second kappa shape index (κ2) is 7.86. The number of aromatic nitrogens is 4. The van der Waals surface area contributed by atoms with Gasteiger partial charge < -0.3 is 11.1 Å². The SMILES string of the molecule is N#CCc1c(F)ccc2nc(CNc3ncnc(N)c3C#N)n(-c3ccccc3)c12. The van der Waals surface area contributed by atoms with Crippen LogP contribution in [0.1, 0.15) is 17.0 Å². The van der Waals surface area contributed by atoms with Crippen LogP contribution in [0.2, 0.25) is 0 Å². The average molecular weight is 398 g/mol. The number of nitrogens with one attached hydrogen (secondary N) is 1. The summed E-state index contributed by atoms with van der Waals surface area (Å²) < 4.78 is 16.3. The highest BCUT2D eigenvalue weighted by atomic mass is 19.1. The third kappa shape index (κ3) is 3.25. The number of hydrogen-bond donors (Lipinski definition) is 2. The van der Waals surface area contributed by atoms with Crippen LogP contribution in [0.15, 0.2) is 48.8 Å². The number of para-hydroxylation sites is 1. The third-order valence-corrected chi connectivity index (χ3v) is 4.61. The molecule has 0 radical (unpaired) electrons. The minimum atomic E-state index is -0.462. The van der Waals surface area contributed by atoms with Crippen LogP contribution in [-0.4, -0.2) is 19.5 Å². The van der Waals surface area contributed by atoms with Crippen LogP contribution in [0.3, 0.4) is 0 Å². The molecule has 0 aliphatic carbocycles. The Hall–Kier alpha value is -4.50. The molecule has 0 aliphatic heterocycles. The summed E-state index contributed by atoms with van der Waals surface area (Å²) in [4.78, 5) is 12.5. The predicted octanol–water partition coefficient (Wildman–Crippen LogP) is 3.09. The van der Waals surface area contributed by atoms with Crippen molar-refractivity contribution in [3.63, 3.8) is 0 Å². The second-order valence-electron chi connectivity index (χ2n) is 6.38. The van der Waals surface area contributed by atoms with E-state index < -0.39 is 5.82 Å². The summed E-state index contributed by atoms with van der Waals surface area (Å²) in [5, 5.41) is 21.6. The number of nitriles is 2. The molecule has 30 heavy (non-hydrogen) atoms. The Kier molecular flexibility index (Phi) is 4.93. The first-order chi connectivity index (χ1) is 14.6. The first kappa shape index (κ1) is 18.8. The molecule has 3 N–H and O–H groups in total. The van der Waals surface area contributed by atoms with Gasteiger partial charge in [-0.15, -0.1) is 0 Å². The normalized spacial score (nSPS) is 10.5. The molecule has 2 aromatic carbocycles. The molecule has 0 saturated carbocycles. The van der Waals surface area contributed by atoms with Crippen molar-refractivity contribution in [2.24, 2.45) is 0 Å². The highest BCUT2D eigenvalue weighted by Gasteiger charge is 2.19. The van der Waals surface area contributed by atoms with Gasteiger partial charge in [0.25, 0.3) is 0 Å². The number of fused-ring (bicyclic) bond motifs is 1. The Balaban J connectivity index is 1.87. The van der Waals surface area contributed by atoms with Gasteiger partial charge in [0.2, 0.25) is 0 Å². The minimum Gasteiger partial charge on any atom is -0.382 e. The largest absolute Gasteiger partial charge is 0.382 e. The lowest BCUT2D eigenvalue weighted by Gasteiger charge is -2.13. The van der Waals surface area contributed by atoms with Gasteiger partial charge in [0, 0.05) is 11.3 Å². The molecule has 146 valence electrons. The van der Waals surface area contributed by atoms with E-state index in [4.69, 9.17) is 5.73 Å². The van der Waals surface area contributed by atoms with Gasteiger partial charge in [0.15, 0.2) is 0 Å². The number of anilines is 2. The lowest BCUT2D eigenvalue weighted by atomic mass is 10.1. The van der Waals surface area contributed by atoms with E-state index >= 15 is 0 Å². The molecular weight excluding hydrogens is 383 g/mol. The van der Waals surface area contributed by atoms with Crippen LogP contribution in [0.4, 0.5) is 16.0 Å². The fraction of sp³-hybridized carbons (Fsp3) is 0.0952. The van der Waals surface area contributed by atoms with Crippen molar-refractivity contribution in [1.82, 2.24) is 19.5 Å². The number of halogens is 1. The first-order valence-corrected chi connectivity index (χ1v) is 8.99. The van der Waals surface area contributed by atoms with Crippen molar-refractivity contribution in [2.45, 2.75) is 13.0 Å². The summed E-state index contributed by atoms with van der Waals surface area (Å²) in [5.41, 5.74) is 8.02. The maximum atomic E-state index is 14.5. The topological polar surface area (TPSA) is 129 Å². The van der Waals surface area contributed by atoms with E-state index in [1.165, 1.54) is 12.4 Å². The second-order valence-corrected chi connectivity index (χ2v) is 6.38. The Morgan fingerprint density at radius 1 is 1.10 bits per heavy atom. The number of benzene rings is 2. The predicted molar refractivity (Wildman–Crippen MR) is 109 cm³/mol. The van der Waals surface area contributed by atoms with Gasteiger partial charge >= 0.3 is 0 Å². The monoisotopic (exact) mass is 398 g/mol. The maximum absolute atomic E-state index is 14.5. The molecule has 0 saturated heterocycles. The molecule has 8 nitrogen and oxygen atoms in total. The number of imidazole rings is 1. The van der Waals surface area contributed by atoms with Crippen LogP contribution >= 0.6 is 0 Å². The Labute approximate surface area is 171 Å². The van der Waals surface area contributed by atoms with Crippen LogP contribution in [0, 0.1) is 28.5 Å². The van der Waals surface area contributed by atoms with Crippen molar-refractivity contribution in [2.75, 3.05) is 11.1 Å². The van der Waals surface area contributed by atoms with E-state index in [9.17, 15) is 14.9 Å². The summed E-state index contributed by atoms with van der Waals surface area (Å²) in [6, 6.07) is 16.2. The molecule has 0 unspecified atom stereocenters. The molecule has 0 aliphatic rings. The molecule has 0 spiro atoms. The molecule has 0 fully saturated rings. The zero-order valence-electron chi connectivity index (χ0n) is 15.7. The summed E-state index contributed by atoms with van der Waals surface area (Å²) in [6.07, 6.45) is 1.18. The molecular formula is C21H15FN8. The number of rotatable bonds is 5. The fourth-order valence-electron chi connectivity index (χ4n) is 3.28. The molecule has 0 bridgehead atoms. The van der Waals surface area contributed by atoms with Gasteiger partial charge in [-0.25, -0.2) is 19.3 Å².